The van der Waals surface area contributed by atoms with Crippen molar-refractivity contribution < 1.29 is 14.0 Å². The van der Waals surface area contributed by atoms with Crippen LogP contribution in [0.4, 0.5) is 0 Å². The number of nitrogens with one attached hydrogen (secondary N) is 1. The molecular weight excluding hydrogens is 460 g/mol. The average molecular weight is 494 g/mol. The van der Waals surface area contributed by atoms with Gasteiger partial charge in [0.25, 0.3) is 0 Å². The summed E-state index contributed by atoms with van der Waals surface area (Å²) in [5.74, 6) is -0.0261. The monoisotopic (exact) mass is 493 g/mol. The van der Waals surface area contributed by atoms with Crippen LogP contribution in [0, 0.1) is 11.8 Å². The van der Waals surface area contributed by atoms with Gasteiger partial charge in [-0.1, -0.05) is 99.6 Å². The van der Waals surface area contributed by atoms with Crippen molar-refractivity contribution in [1.29, 1.82) is 0 Å². The van der Waals surface area contributed by atoms with Crippen LogP contribution in [0.15, 0.2) is 95.4 Å². The van der Waals surface area contributed by atoms with Gasteiger partial charge in [-0.25, -0.2) is 4.98 Å². The highest BCUT2D eigenvalue weighted by Gasteiger charge is 2.30. The lowest BCUT2D eigenvalue weighted by molar-refractivity contribution is -0.118. The molecule has 4 rings (SSSR count). The predicted molar refractivity (Wildman–Crippen MR) is 147 cm³/mol. The molecule has 0 bridgehead atoms. The number of carbonyl (C=O) groups excluding carboxylic acids is 2. The fraction of sp³-hybridized carbons (Fsp3) is 0.250. The minimum absolute atomic E-state index is 0.0309. The quantitative estimate of drug-likeness (QED) is 0.243. The van der Waals surface area contributed by atoms with Crippen LogP contribution >= 0.6 is 0 Å². The van der Waals surface area contributed by atoms with Gasteiger partial charge in [0.15, 0.2) is 0 Å². The number of benzene rings is 3. The van der Waals surface area contributed by atoms with Crippen LogP contribution in [-0.4, -0.2) is 22.7 Å². The highest BCUT2D eigenvalue weighted by Crippen LogP contribution is 2.30. The molecule has 1 heterocycles. The standard InChI is InChI=1S/C32H33N2O3/c1-32(2,3)22-21-27(35)33-26(20-19-23-13-7-4-8-14-23)29(36)30-28(24-15-9-5-10-16-24)34-31(37-30)25-17-11-6-12-18-25/h4-18,21,26H,19-20,22H2,1-3H3,(H,33,35)/t26-/m0/s1. The first-order chi connectivity index (χ1) is 17.8. The zero-order valence-corrected chi connectivity index (χ0v) is 21.6. The molecular formula is C32H33N2O3. The smallest absolute Gasteiger partial charge is 0.227 e. The van der Waals surface area contributed by atoms with E-state index in [2.05, 4.69) is 26.1 Å². The summed E-state index contributed by atoms with van der Waals surface area (Å²) in [5.41, 5.74) is 3.10. The number of oxazole rings is 1. The lowest BCUT2D eigenvalue weighted by Gasteiger charge is -2.20. The van der Waals surface area contributed by atoms with E-state index in [-0.39, 0.29) is 22.9 Å². The van der Waals surface area contributed by atoms with Gasteiger partial charge in [0.2, 0.25) is 23.3 Å². The SMILES string of the molecule is CC(C)(C)C[CH]C(=O)N[C@@H](CCc1ccccc1)C(=O)c1oc(-c2ccccc2)nc1-c1ccccc1. The minimum atomic E-state index is -0.761. The summed E-state index contributed by atoms with van der Waals surface area (Å²) in [4.78, 5) is 31.6. The fourth-order valence-electron chi connectivity index (χ4n) is 4.00. The highest BCUT2D eigenvalue weighted by atomic mass is 16.4. The molecule has 3 aromatic carbocycles. The first kappa shape index (κ1) is 26.1. The van der Waals surface area contributed by atoms with E-state index in [9.17, 15) is 9.59 Å². The Hall–Kier alpha value is -3.99. The van der Waals surface area contributed by atoms with E-state index in [0.29, 0.717) is 30.8 Å². The summed E-state index contributed by atoms with van der Waals surface area (Å²) in [6, 6.07) is 28.2. The van der Waals surface area contributed by atoms with Crippen LogP contribution in [0.1, 0.15) is 49.7 Å². The van der Waals surface area contributed by atoms with Crippen molar-refractivity contribution in [3.8, 4) is 22.7 Å². The van der Waals surface area contributed by atoms with E-state index in [4.69, 9.17) is 9.40 Å². The number of ketones is 1. The first-order valence-corrected chi connectivity index (χ1v) is 12.6. The third-order valence-electron chi connectivity index (χ3n) is 6.02. The zero-order valence-electron chi connectivity index (χ0n) is 21.6. The van der Waals surface area contributed by atoms with Crippen LogP contribution in [-0.2, 0) is 11.2 Å². The van der Waals surface area contributed by atoms with Crippen LogP contribution in [0.3, 0.4) is 0 Å². The second-order valence-corrected chi connectivity index (χ2v) is 10.3. The summed E-state index contributed by atoms with van der Waals surface area (Å²) < 4.78 is 6.12. The van der Waals surface area contributed by atoms with Gasteiger partial charge in [-0.15, -0.1) is 0 Å². The molecule has 0 saturated carbocycles. The van der Waals surface area contributed by atoms with E-state index in [0.717, 1.165) is 16.7 Å². The number of rotatable bonds is 10. The molecule has 1 amide bonds. The van der Waals surface area contributed by atoms with Gasteiger partial charge in [0.05, 0.1) is 12.5 Å². The molecule has 37 heavy (non-hydrogen) atoms. The molecule has 189 valence electrons. The molecule has 0 aliphatic heterocycles. The van der Waals surface area contributed by atoms with Crippen molar-refractivity contribution in [1.82, 2.24) is 10.3 Å². The molecule has 0 spiro atoms. The Morgan fingerprint density at radius 1 is 0.865 bits per heavy atom. The van der Waals surface area contributed by atoms with Gasteiger partial charge in [-0.05, 0) is 42.4 Å². The number of hydrogen-bond acceptors (Lipinski definition) is 4. The topological polar surface area (TPSA) is 72.2 Å². The van der Waals surface area contributed by atoms with E-state index in [1.165, 1.54) is 0 Å². The van der Waals surface area contributed by atoms with E-state index < -0.39 is 6.04 Å². The number of carbonyl (C=O) groups is 2. The largest absolute Gasteiger partial charge is 0.432 e. The Morgan fingerprint density at radius 2 is 1.43 bits per heavy atom. The number of amides is 1. The average Bonchev–Trinajstić information content (AvgIpc) is 3.36. The van der Waals surface area contributed by atoms with Crippen LogP contribution < -0.4 is 5.32 Å². The number of aryl methyl sites for hydroxylation is 1. The second kappa shape index (κ2) is 11.8. The van der Waals surface area contributed by atoms with Crippen molar-refractivity contribution in [3.05, 3.63) is 109 Å². The molecule has 1 radical (unpaired) electrons. The Morgan fingerprint density at radius 3 is 2.03 bits per heavy atom. The van der Waals surface area contributed by atoms with Gasteiger partial charge in [-0.2, -0.15) is 0 Å². The van der Waals surface area contributed by atoms with Gasteiger partial charge < -0.3 is 9.73 Å². The maximum atomic E-state index is 14.0. The number of Topliss-reactive ketones (excluding diaryl/α,β-unsaturated/α-hetero) is 1. The Bertz CT molecular complexity index is 1310. The molecule has 5 nitrogen and oxygen atoms in total. The summed E-state index contributed by atoms with van der Waals surface area (Å²) in [7, 11) is 0. The van der Waals surface area contributed by atoms with Gasteiger partial charge in [-0.3, -0.25) is 9.59 Å². The van der Waals surface area contributed by atoms with Gasteiger partial charge in [0.1, 0.15) is 5.69 Å². The lowest BCUT2D eigenvalue weighted by atomic mass is 9.90. The summed E-state index contributed by atoms with van der Waals surface area (Å²) in [5, 5.41) is 2.95. The molecule has 0 unspecified atom stereocenters. The third-order valence-corrected chi connectivity index (χ3v) is 6.02. The highest BCUT2D eigenvalue weighted by molar-refractivity contribution is 6.04. The van der Waals surface area contributed by atoms with Crippen molar-refractivity contribution in [2.75, 3.05) is 0 Å². The zero-order chi connectivity index (χ0) is 26.3. The van der Waals surface area contributed by atoms with Crippen LogP contribution in [0.25, 0.3) is 22.7 Å². The summed E-state index contributed by atoms with van der Waals surface area (Å²) in [6.45, 7) is 6.21. The van der Waals surface area contributed by atoms with E-state index >= 15 is 0 Å². The Balaban J connectivity index is 1.66. The molecule has 1 aromatic heterocycles. The third kappa shape index (κ3) is 7.26. The van der Waals surface area contributed by atoms with Crippen LogP contribution in [0.5, 0.6) is 0 Å². The van der Waals surface area contributed by atoms with Crippen LogP contribution in [0.2, 0.25) is 0 Å². The molecule has 0 fully saturated rings. The molecule has 0 aliphatic carbocycles. The number of hydrogen-bond donors (Lipinski definition) is 1. The first-order valence-electron chi connectivity index (χ1n) is 12.6. The lowest BCUT2D eigenvalue weighted by Crippen LogP contribution is -2.41. The van der Waals surface area contributed by atoms with E-state index in [1.54, 1.807) is 6.42 Å². The van der Waals surface area contributed by atoms with Gasteiger partial charge in [0, 0.05) is 11.1 Å². The van der Waals surface area contributed by atoms with E-state index in [1.807, 2.05) is 91.0 Å². The van der Waals surface area contributed by atoms with Crippen molar-refractivity contribution in [3.63, 3.8) is 0 Å². The summed E-state index contributed by atoms with van der Waals surface area (Å²) >= 11 is 0. The van der Waals surface area contributed by atoms with Gasteiger partial charge >= 0.3 is 0 Å². The maximum absolute atomic E-state index is 14.0. The normalized spacial score (nSPS) is 12.2. The summed E-state index contributed by atoms with van der Waals surface area (Å²) in [6.07, 6.45) is 3.30. The Kier molecular flexibility index (Phi) is 8.34. The number of aromatic nitrogens is 1. The molecule has 0 saturated heterocycles. The predicted octanol–water partition coefficient (Wildman–Crippen LogP) is 6.95. The van der Waals surface area contributed by atoms with Crippen molar-refractivity contribution in [2.45, 2.75) is 46.1 Å². The van der Waals surface area contributed by atoms with Crippen molar-refractivity contribution >= 4 is 11.7 Å². The second-order valence-electron chi connectivity index (χ2n) is 10.3. The maximum Gasteiger partial charge on any atom is 0.227 e. The molecule has 1 N–H and O–H groups in total. The molecule has 0 aliphatic rings. The molecule has 5 heteroatoms. The van der Waals surface area contributed by atoms with Crippen molar-refractivity contribution in [2.24, 2.45) is 5.41 Å². The Labute approximate surface area is 219 Å². The fourth-order valence-corrected chi connectivity index (χ4v) is 4.00. The number of nitrogens with zero attached hydrogens (tertiary/aromatic N) is 1. The minimum Gasteiger partial charge on any atom is -0.432 e. The molecule has 1 atom stereocenters. The molecule has 4 aromatic rings.